The van der Waals surface area contributed by atoms with Crippen molar-refractivity contribution in [3.63, 3.8) is 0 Å². The first kappa shape index (κ1) is 19.1. The first-order valence-electron chi connectivity index (χ1n) is 8.68. The summed E-state index contributed by atoms with van der Waals surface area (Å²) < 4.78 is 16.7. The van der Waals surface area contributed by atoms with E-state index >= 15 is 0 Å². The molecule has 0 saturated carbocycles. The number of anilines is 1. The molecular weight excluding hydrogens is 369 g/mol. The summed E-state index contributed by atoms with van der Waals surface area (Å²) in [4.78, 5) is 12.8. The van der Waals surface area contributed by atoms with Gasteiger partial charge in [-0.15, -0.1) is 0 Å². The van der Waals surface area contributed by atoms with Crippen molar-refractivity contribution in [3.05, 3.63) is 64.5 Å². The number of amides is 1. The van der Waals surface area contributed by atoms with Crippen LogP contribution < -0.4 is 5.32 Å². The van der Waals surface area contributed by atoms with E-state index < -0.39 is 6.04 Å². The fourth-order valence-electron chi connectivity index (χ4n) is 3.02. The van der Waals surface area contributed by atoms with E-state index in [1.165, 1.54) is 18.3 Å². The molecule has 0 fully saturated rings. The molecule has 0 aliphatic rings. The largest absolute Gasteiger partial charge is 0.321 e. The van der Waals surface area contributed by atoms with Gasteiger partial charge in [0.15, 0.2) is 0 Å². The number of aromatic nitrogens is 4. The van der Waals surface area contributed by atoms with E-state index in [1.807, 2.05) is 26.8 Å². The molecule has 8 heteroatoms. The van der Waals surface area contributed by atoms with E-state index in [9.17, 15) is 9.18 Å². The molecule has 27 heavy (non-hydrogen) atoms. The lowest BCUT2D eigenvalue weighted by atomic mass is 10.2. The summed E-state index contributed by atoms with van der Waals surface area (Å²) in [6.45, 7) is 6.04. The minimum absolute atomic E-state index is 0.186. The molecule has 3 aromatic rings. The highest BCUT2D eigenvalue weighted by molar-refractivity contribution is 6.30. The molecular formula is C19H21ClFN5O. The third kappa shape index (κ3) is 4.19. The van der Waals surface area contributed by atoms with Crippen LogP contribution in [0, 0.1) is 19.7 Å². The summed E-state index contributed by atoms with van der Waals surface area (Å²) in [5.74, 6) is -0.472. The zero-order valence-corrected chi connectivity index (χ0v) is 16.2. The summed E-state index contributed by atoms with van der Waals surface area (Å²) in [5, 5.41) is 12.1. The van der Waals surface area contributed by atoms with Gasteiger partial charge in [-0.3, -0.25) is 14.2 Å². The van der Waals surface area contributed by atoms with Gasteiger partial charge in [-0.1, -0.05) is 30.7 Å². The van der Waals surface area contributed by atoms with Crippen LogP contribution in [0.15, 0.2) is 36.7 Å². The van der Waals surface area contributed by atoms with Gasteiger partial charge in [0, 0.05) is 6.20 Å². The topological polar surface area (TPSA) is 64.7 Å². The Morgan fingerprint density at radius 3 is 2.78 bits per heavy atom. The van der Waals surface area contributed by atoms with Gasteiger partial charge in [-0.05, 0) is 38.0 Å². The number of aryl methyl sites for hydroxylation is 1. The average Bonchev–Trinajstić information content (AvgIpc) is 3.14. The number of rotatable bonds is 6. The highest BCUT2D eigenvalue weighted by atomic mass is 35.5. The number of carbonyl (C=O) groups excluding carboxylic acids is 1. The van der Waals surface area contributed by atoms with E-state index in [-0.39, 0.29) is 11.7 Å². The van der Waals surface area contributed by atoms with Gasteiger partial charge in [0.1, 0.15) is 11.9 Å². The normalized spacial score (nSPS) is 12.2. The molecule has 3 rings (SSSR count). The Morgan fingerprint density at radius 2 is 2.15 bits per heavy atom. The highest BCUT2D eigenvalue weighted by Crippen LogP contribution is 2.23. The van der Waals surface area contributed by atoms with Crippen molar-refractivity contribution in [2.45, 2.75) is 39.8 Å². The third-order valence-corrected chi connectivity index (χ3v) is 4.62. The second kappa shape index (κ2) is 7.92. The fraction of sp³-hybridized carbons (Fsp3) is 0.316. The van der Waals surface area contributed by atoms with Crippen molar-refractivity contribution >= 4 is 23.2 Å². The molecule has 0 bridgehead atoms. The number of halogens is 2. The maximum Gasteiger partial charge on any atom is 0.249 e. The Labute approximate surface area is 161 Å². The first-order chi connectivity index (χ1) is 12.9. The van der Waals surface area contributed by atoms with Crippen LogP contribution in [-0.2, 0) is 11.3 Å². The summed E-state index contributed by atoms with van der Waals surface area (Å²) in [6.07, 6.45) is 3.70. The van der Waals surface area contributed by atoms with E-state index in [1.54, 1.807) is 21.6 Å². The summed E-state index contributed by atoms with van der Waals surface area (Å²) in [6, 6.07) is 5.92. The van der Waals surface area contributed by atoms with Crippen molar-refractivity contribution in [2.75, 3.05) is 5.32 Å². The first-order valence-corrected chi connectivity index (χ1v) is 9.05. The molecule has 1 aromatic carbocycles. The van der Waals surface area contributed by atoms with Crippen molar-refractivity contribution in [1.29, 1.82) is 0 Å². The minimum atomic E-state index is -0.470. The number of hydrogen-bond acceptors (Lipinski definition) is 3. The molecule has 142 valence electrons. The fourth-order valence-corrected chi connectivity index (χ4v) is 3.17. The second-order valence-corrected chi connectivity index (χ2v) is 6.82. The number of hydrogen-bond donors (Lipinski definition) is 1. The molecule has 0 radical (unpaired) electrons. The lowest BCUT2D eigenvalue weighted by Gasteiger charge is -2.15. The van der Waals surface area contributed by atoms with Gasteiger partial charge in [-0.2, -0.15) is 10.2 Å². The maximum absolute atomic E-state index is 13.4. The van der Waals surface area contributed by atoms with Gasteiger partial charge in [-0.25, -0.2) is 4.39 Å². The van der Waals surface area contributed by atoms with E-state index in [0.29, 0.717) is 29.4 Å². The van der Waals surface area contributed by atoms with Crippen LogP contribution in [-0.4, -0.2) is 25.5 Å². The second-order valence-electron chi connectivity index (χ2n) is 6.39. The molecule has 0 spiro atoms. The van der Waals surface area contributed by atoms with E-state index in [2.05, 4.69) is 15.5 Å². The molecule has 1 amide bonds. The Hall–Kier alpha value is -2.67. The van der Waals surface area contributed by atoms with E-state index in [0.717, 1.165) is 11.3 Å². The van der Waals surface area contributed by atoms with Gasteiger partial charge < -0.3 is 5.32 Å². The quantitative estimate of drug-likeness (QED) is 0.689. The predicted molar refractivity (Wildman–Crippen MR) is 102 cm³/mol. The summed E-state index contributed by atoms with van der Waals surface area (Å²) >= 11 is 5.91. The van der Waals surface area contributed by atoms with Crippen LogP contribution in [0.4, 0.5) is 10.1 Å². The van der Waals surface area contributed by atoms with Gasteiger partial charge in [0.25, 0.3) is 0 Å². The molecule has 2 heterocycles. The Balaban J connectivity index is 1.80. The SMILES string of the molecule is CCC(C(=O)Nc1c(C)nn(Cc2cccc(F)c2)c1C)n1cc(Cl)cn1. The lowest BCUT2D eigenvalue weighted by molar-refractivity contribution is -0.119. The van der Waals surface area contributed by atoms with Gasteiger partial charge in [0.05, 0.1) is 34.8 Å². The van der Waals surface area contributed by atoms with E-state index in [4.69, 9.17) is 11.6 Å². The van der Waals surface area contributed by atoms with Crippen molar-refractivity contribution in [3.8, 4) is 0 Å². The van der Waals surface area contributed by atoms with Gasteiger partial charge >= 0.3 is 0 Å². The van der Waals surface area contributed by atoms with Crippen LogP contribution in [0.1, 0.15) is 36.3 Å². The zero-order chi connectivity index (χ0) is 19.6. The molecule has 0 saturated heterocycles. The molecule has 0 aliphatic carbocycles. The predicted octanol–water partition coefficient (Wildman–Crippen LogP) is 4.13. The Morgan fingerprint density at radius 1 is 1.37 bits per heavy atom. The Bertz CT molecular complexity index is 965. The highest BCUT2D eigenvalue weighted by Gasteiger charge is 2.22. The molecule has 1 atom stereocenters. The van der Waals surface area contributed by atoms with Crippen molar-refractivity contribution in [2.24, 2.45) is 0 Å². The van der Waals surface area contributed by atoms with Gasteiger partial charge in [0.2, 0.25) is 5.91 Å². The van der Waals surface area contributed by atoms with Crippen molar-refractivity contribution < 1.29 is 9.18 Å². The molecule has 0 aliphatic heterocycles. The zero-order valence-electron chi connectivity index (χ0n) is 15.4. The minimum Gasteiger partial charge on any atom is -0.321 e. The smallest absolute Gasteiger partial charge is 0.249 e. The maximum atomic E-state index is 13.4. The van der Waals surface area contributed by atoms with Crippen molar-refractivity contribution in [1.82, 2.24) is 19.6 Å². The molecule has 1 unspecified atom stereocenters. The Kier molecular flexibility index (Phi) is 5.60. The summed E-state index contributed by atoms with van der Waals surface area (Å²) in [5.41, 5.74) is 2.97. The lowest BCUT2D eigenvalue weighted by Crippen LogP contribution is -2.26. The number of nitrogens with one attached hydrogen (secondary N) is 1. The molecule has 6 nitrogen and oxygen atoms in total. The standard InChI is InChI=1S/C19H21ClFN5O/c1-4-17(26-11-15(20)9-22-26)19(27)23-18-12(2)24-25(13(18)3)10-14-6-5-7-16(21)8-14/h5-9,11,17H,4,10H2,1-3H3,(H,23,27). The number of benzene rings is 1. The van der Waals surface area contributed by atoms with Crippen LogP contribution in [0.3, 0.4) is 0 Å². The van der Waals surface area contributed by atoms with Crippen LogP contribution >= 0.6 is 11.6 Å². The summed E-state index contributed by atoms with van der Waals surface area (Å²) in [7, 11) is 0. The van der Waals surface area contributed by atoms with Crippen LogP contribution in [0.5, 0.6) is 0 Å². The monoisotopic (exact) mass is 389 g/mol. The number of nitrogens with zero attached hydrogens (tertiary/aromatic N) is 4. The molecule has 2 aromatic heterocycles. The third-order valence-electron chi connectivity index (χ3n) is 4.43. The van der Waals surface area contributed by atoms with Crippen LogP contribution in [0.2, 0.25) is 5.02 Å². The molecule has 1 N–H and O–H groups in total. The van der Waals surface area contributed by atoms with Crippen LogP contribution in [0.25, 0.3) is 0 Å². The average molecular weight is 390 g/mol. The number of carbonyl (C=O) groups is 1.